The number of rotatable bonds is 5. The van der Waals surface area contributed by atoms with Crippen molar-refractivity contribution in [1.29, 1.82) is 0 Å². The van der Waals surface area contributed by atoms with E-state index < -0.39 is 38.4 Å². The maximum absolute atomic E-state index is 12.2. The molecule has 0 saturated carbocycles. The Labute approximate surface area is 134 Å². The van der Waals surface area contributed by atoms with Gasteiger partial charge in [0.05, 0.1) is 23.0 Å². The molecular formula is C14H10N3O7-. The standard InChI is InChI=1S/C14H11N3O7/c1-24-10-4-2-3-8(5-10)15-14(19)11-6-9(16(20)21)7-12(13(11)18)17(22)23/h2-7,18H,1H3,(H,15,19)/p-1. The second-order valence-corrected chi connectivity index (χ2v) is 4.54. The first-order valence-corrected chi connectivity index (χ1v) is 6.42. The molecule has 0 aliphatic carbocycles. The van der Waals surface area contributed by atoms with E-state index in [1.807, 2.05) is 0 Å². The average molecular weight is 332 g/mol. The minimum atomic E-state index is -1.20. The summed E-state index contributed by atoms with van der Waals surface area (Å²) < 4.78 is 4.98. The van der Waals surface area contributed by atoms with E-state index >= 15 is 0 Å². The SMILES string of the molecule is COc1cccc(NC(=O)c2cc([N+](=O)[O-])cc([N+](=O)[O-])c2[O-])c1. The Morgan fingerprint density at radius 3 is 2.42 bits per heavy atom. The molecule has 0 aliphatic heterocycles. The van der Waals surface area contributed by atoms with Crippen LogP contribution in [0.25, 0.3) is 0 Å². The Morgan fingerprint density at radius 2 is 1.83 bits per heavy atom. The van der Waals surface area contributed by atoms with E-state index in [0.717, 1.165) is 0 Å². The highest BCUT2D eigenvalue weighted by Crippen LogP contribution is 2.32. The summed E-state index contributed by atoms with van der Waals surface area (Å²) in [6.45, 7) is 0. The molecule has 2 aromatic carbocycles. The molecule has 1 amide bonds. The molecular weight excluding hydrogens is 322 g/mol. The number of carbonyl (C=O) groups excluding carboxylic acids is 1. The van der Waals surface area contributed by atoms with Crippen LogP contribution in [-0.4, -0.2) is 22.9 Å². The van der Waals surface area contributed by atoms with Gasteiger partial charge in [-0.15, -0.1) is 0 Å². The summed E-state index contributed by atoms with van der Waals surface area (Å²) in [4.78, 5) is 31.9. The number of nitro groups is 2. The van der Waals surface area contributed by atoms with Crippen LogP contribution in [0.3, 0.4) is 0 Å². The normalized spacial score (nSPS) is 10.0. The molecule has 124 valence electrons. The monoisotopic (exact) mass is 332 g/mol. The molecule has 0 spiro atoms. The zero-order valence-electron chi connectivity index (χ0n) is 12.2. The number of hydrogen-bond donors (Lipinski definition) is 1. The van der Waals surface area contributed by atoms with Gasteiger partial charge in [0.2, 0.25) is 0 Å². The molecule has 0 fully saturated rings. The number of hydrogen-bond acceptors (Lipinski definition) is 7. The maximum Gasteiger partial charge on any atom is 0.277 e. The Bertz CT molecular complexity index is 835. The van der Waals surface area contributed by atoms with Crippen molar-refractivity contribution in [2.75, 3.05) is 12.4 Å². The molecule has 0 aromatic heterocycles. The van der Waals surface area contributed by atoms with Crippen LogP contribution in [0.5, 0.6) is 11.5 Å². The Kier molecular flexibility index (Phi) is 4.59. The summed E-state index contributed by atoms with van der Waals surface area (Å²) in [5.74, 6) is -1.77. The van der Waals surface area contributed by atoms with Crippen molar-refractivity contribution in [3.8, 4) is 11.5 Å². The smallest absolute Gasteiger partial charge is 0.277 e. The highest BCUT2D eigenvalue weighted by atomic mass is 16.6. The predicted octanol–water partition coefficient (Wildman–Crippen LogP) is 1.84. The third-order valence-electron chi connectivity index (χ3n) is 3.03. The molecule has 0 radical (unpaired) electrons. The maximum atomic E-state index is 12.2. The van der Waals surface area contributed by atoms with Crippen LogP contribution in [0.1, 0.15) is 10.4 Å². The zero-order valence-corrected chi connectivity index (χ0v) is 12.2. The van der Waals surface area contributed by atoms with Crippen molar-refractivity contribution in [3.05, 3.63) is 62.2 Å². The number of methoxy groups -OCH3 is 1. The van der Waals surface area contributed by atoms with Crippen molar-refractivity contribution in [2.45, 2.75) is 0 Å². The fourth-order valence-corrected chi connectivity index (χ4v) is 1.91. The number of nitrogens with one attached hydrogen (secondary N) is 1. The van der Waals surface area contributed by atoms with E-state index in [9.17, 15) is 30.1 Å². The number of ether oxygens (including phenoxy) is 1. The summed E-state index contributed by atoms with van der Waals surface area (Å²) in [6.07, 6.45) is 0. The predicted molar refractivity (Wildman–Crippen MR) is 80.1 cm³/mol. The molecule has 1 N–H and O–H groups in total. The van der Waals surface area contributed by atoms with Crippen LogP contribution in [0.15, 0.2) is 36.4 Å². The Morgan fingerprint density at radius 1 is 1.12 bits per heavy atom. The molecule has 10 heteroatoms. The third-order valence-corrected chi connectivity index (χ3v) is 3.03. The third kappa shape index (κ3) is 3.38. The van der Waals surface area contributed by atoms with Crippen LogP contribution in [-0.2, 0) is 0 Å². The topological polar surface area (TPSA) is 148 Å². The Balaban J connectivity index is 2.44. The van der Waals surface area contributed by atoms with E-state index in [4.69, 9.17) is 4.74 Å². The number of nitrogens with zero attached hydrogens (tertiary/aromatic N) is 2. The number of benzene rings is 2. The Hall–Kier alpha value is -3.69. The lowest BCUT2D eigenvalue weighted by Gasteiger charge is -2.13. The number of nitro benzene ring substituents is 2. The van der Waals surface area contributed by atoms with Crippen LogP contribution in [0.2, 0.25) is 0 Å². The minimum absolute atomic E-state index is 0.257. The first-order chi connectivity index (χ1) is 11.3. The highest BCUT2D eigenvalue weighted by Gasteiger charge is 2.22. The minimum Gasteiger partial charge on any atom is -0.867 e. The lowest BCUT2D eigenvalue weighted by molar-refractivity contribution is -0.403. The van der Waals surface area contributed by atoms with Crippen LogP contribution in [0.4, 0.5) is 17.1 Å². The summed E-state index contributed by atoms with van der Waals surface area (Å²) in [7, 11) is 1.42. The molecule has 24 heavy (non-hydrogen) atoms. The number of carbonyl (C=O) groups is 1. The first-order valence-electron chi connectivity index (χ1n) is 6.42. The summed E-state index contributed by atoms with van der Waals surface area (Å²) in [5, 5.41) is 36.0. The number of amides is 1. The van der Waals surface area contributed by atoms with Gasteiger partial charge in [-0.05, 0) is 17.9 Å². The van der Waals surface area contributed by atoms with Crippen molar-refractivity contribution >= 4 is 23.0 Å². The van der Waals surface area contributed by atoms with Crippen molar-refractivity contribution in [3.63, 3.8) is 0 Å². The van der Waals surface area contributed by atoms with Gasteiger partial charge in [0.25, 0.3) is 17.3 Å². The van der Waals surface area contributed by atoms with E-state index in [0.29, 0.717) is 17.9 Å². The molecule has 10 nitrogen and oxygen atoms in total. The van der Waals surface area contributed by atoms with E-state index in [-0.39, 0.29) is 5.69 Å². The second kappa shape index (κ2) is 6.60. The van der Waals surface area contributed by atoms with Gasteiger partial charge in [0.1, 0.15) is 5.75 Å². The summed E-state index contributed by atoms with van der Waals surface area (Å²) >= 11 is 0. The van der Waals surface area contributed by atoms with E-state index in [1.54, 1.807) is 12.1 Å². The van der Waals surface area contributed by atoms with Gasteiger partial charge in [-0.25, -0.2) is 0 Å². The molecule has 0 bridgehead atoms. The highest BCUT2D eigenvalue weighted by molar-refractivity contribution is 6.07. The molecule has 2 aromatic rings. The van der Waals surface area contributed by atoms with E-state index in [2.05, 4.69) is 5.32 Å². The van der Waals surface area contributed by atoms with Crippen LogP contribution in [0, 0.1) is 20.2 Å². The summed E-state index contributed by atoms with van der Waals surface area (Å²) in [6, 6.07) is 7.36. The lowest BCUT2D eigenvalue weighted by Crippen LogP contribution is -2.16. The molecule has 0 aliphatic rings. The van der Waals surface area contributed by atoms with Gasteiger partial charge in [0, 0.05) is 23.4 Å². The van der Waals surface area contributed by atoms with Crippen LogP contribution < -0.4 is 15.2 Å². The number of anilines is 1. The lowest BCUT2D eigenvalue weighted by atomic mass is 10.1. The summed E-state index contributed by atoms with van der Waals surface area (Å²) in [5.41, 5.74) is -2.20. The quantitative estimate of drug-likeness (QED) is 0.648. The fraction of sp³-hybridized carbons (Fsp3) is 0.0714. The number of non-ortho nitro benzene ring substituents is 1. The van der Waals surface area contributed by atoms with Gasteiger partial charge in [-0.1, -0.05) is 6.07 Å². The van der Waals surface area contributed by atoms with Gasteiger partial charge >= 0.3 is 0 Å². The molecule has 0 unspecified atom stereocenters. The van der Waals surface area contributed by atoms with E-state index in [1.165, 1.54) is 19.2 Å². The zero-order chi connectivity index (χ0) is 17.9. The fourth-order valence-electron chi connectivity index (χ4n) is 1.91. The van der Waals surface area contributed by atoms with Gasteiger partial charge in [-0.3, -0.25) is 25.0 Å². The first kappa shape index (κ1) is 16.7. The van der Waals surface area contributed by atoms with Gasteiger partial charge in [-0.2, -0.15) is 0 Å². The van der Waals surface area contributed by atoms with Crippen molar-refractivity contribution < 1.29 is 24.5 Å². The average Bonchev–Trinajstić information content (AvgIpc) is 2.54. The molecule has 2 rings (SSSR count). The van der Waals surface area contributed by atoms with Gasteiger partial charge in [0.15, 0.2) is 0 Å². The molecule has 0 heterocycles. The molecule has 0 saturated heterocycles. The van der Waals surface area contributed by atoms with Crippen molar-refractivity contribution in [1.82, 2.24) is 0 Å². The second-order valence-electron chi connectivity index (χ2n) is 4.54. The molecule has 0 atom stereocenters. The van der Waals surface area contributed by atoms with Crippen molar-refractivity contribution in [2.24, 2.45) is 0 Å². The van der Waals surface area contributed by atoms with Gasteiger partial charge < -0.3 is 15.2 Å². The van der Waals surface area contributed by atoms with Crippen LogP contribution >= 0.6 is 0 Å². The largest absolute Gasteiger partial charge is 0.867 e.